The van der Waals surface area contributed by atoms with E-state index in [1.807, 2.05) is 62.1 Å². The van der Waals surface area contributed by atoms with Gasteiger partial charge in [0.25, 0.3) is 17.6 Å². The van der Waals surface area contributed by atoms with Crippen molar-refractivity contribution in [3.8, 4) is 74.4 Å². The van der Waals surface area contributed by atoms with Crippen molar-refractivity contribution in [3.05, 3.63) is 234 Å². The van der Waals surface area contributed by atoms with Crippen LogP contribution >= 0.6 is 34.8 Å². The second kappa shape index (κ2) is 32.2. The predicted molar refractivity (Wildman–Crippen MR) is 416 cm³/mol. The van der Waals surface area contributed by atoms with Gasteiger partial charge in [-0.15, -0.1) is 0 Å². The zero-order valence-corrected chi connectivity index (χ0v) is 63.9. The third kappa shape index (κ3) is 17.0. The zero-order chi connectivity index (χ0) is 75.5. The number of pyridine rings is 1. The first-order valence-electron chi connectivity index (χ1n) is 35.4. The molecule has 15 rings (SSSR count). The Balaban J connectivity index is 0.000000142. The average molecular weight is 1500 g/mol. The Kier molecular flexibility index (Phi) is 22.5. The van der Waals surface area contributed by atoms with Crippen molar-refractivity contribution in [1.82, 2.24) is 78.9 Å². The maximum absolute atomic E-state index is 14.2. The van der Waals surface area contributed by atoms with Gasteiger partial charge in [-0.2, -0.15) is 15.3 Å². The minimum atomic E-state index is -0.507. The molecule has 0 saturated carbocycles. The molecule has 12 aromatic rings. The van der Waals surface area contributed by atoms with Gasteiger partial charge in [0.15, 0.2) is 46.3 Å². The van der Waals surface area contributed by atoms with Crippen LogP contribution in [0.4, 0.5) is 21.8 Å². The van der Waals surface area contributed by atoms with Gasteiger partial charge in [0.2, 0.25) is 0 Å². The van der Waals surface area contributed by atoms with E-state index in [0.717, 1.165) is 97.7 Å². The van der Waals surface area contributed by atoms with Crippen LogP contribution in [0.25, 0.3) is 33.8 Å². The second-order valence-corrected chi connectivity index (χ2v) is 28.7. The predicted octanol–water partition coefficient (Wildman–Crippen LogP) is 16.1. The summed E-state index contributed by atoms with van der Waals surface area (Å²) in [5, 5.41) is 14.7. The number of anilines is 3. The van der Waals surface area contributed by atoms with E-state index in [0.29, 0.717) is 50.9 Å². The van der Waals surface area contributed by atoms with Gasteiger partial charge in [-0.3, -0.25) is 19.0 Å². The Bertz CT molecular complexity index is 5220. The van der Waals surface area contributed by atoms with Crippen LogP contribution in [-0.4, -0.2) is 126 Å². The summed E-state index contributed by atoms with van der Waals surface area (Å²) in [4.78, 5) is 38.4. The number of aromatic nitrogens is 13. The summed E-state index contributed by atoms with van der Waals surface area (Å²) in [7, 11) is 6.42. The molecule has 5 aromatic carbocycles. The molecular formula is C80H85Cl3FN19O4. The van der Waals surface area contributed by atoms with Crippen LogP contribution in [0.2, 0.25) is 15.1 Å². The van der Waals surface area contributed by atoms with Crippen LogP contribution < -0.4 is 36.1 Å². The highest BCUT2D eigenvalue weighted by Gasteiger charge is 2.25. The number of ether oxygens (including phenoxy) is 4. The largest absolute Gasteiger partial charge is 0.491 e. The quantitative estimate of drug-likeness (QED) is 0.0764. The number of nitrogens with two attached hydrogens (primary N) is 3. The van der Waals surface area contributed by atoms with E-state index in [2.05, 4.69) is 151 Å². The summed E-state index contributed by atoms with van der Waals surface area (Å²) in [5.74, 6) is 2.43. The Morgan fingerprint density at radius 1 is 0.477 bits per heavy atom. The molecule has 7 aromatic heterocycles. The van der Waals surface area contributed by atoms with Gasteiger partial charge < -0.3 is 50.8 Å². The fourth-order valence-corrected chi connectivity index (χ4v) is 14.7. The molecule has 3 unspecified atom stereocenters. The Morgan fingerprint density at radius 3 is 1.27 bits per heavy atom. The Labute approximate surface area is 636 Å². The molecule has 0 bridgehead atoms. The van der Waals surface area contributed by atoms with E-state index in [9.17, 15) is 4.39 Å². The SMILES string of the molecule is CCOc1cc(C(C)n2cc(Oc3nc(-c4cc(C)c5c(c4)CN(C)CC5)cnc3N)cn2)c(Cl)cc1F.Cc1cc(-c2cnc(N)c(Oc3cnn(C(C)c4c(Cl)cccc4Cl)c3)n2)cc2c1CCN(C)C2.Cc1ccc(C(C)n2cc(Oc3nc(-c4cc(C)c5c(c4)CN(C)CC5)cnc3N)cn2)cn1. The number of likely N-dealkylation sites (N-methyl/N-ethyl adjacent to an activating group) is 3. The third-order valence-corrected chi connectivity index (χ3v) is 20.6. The van der Waals surface area contributed by atoms with Crippen molar-refractivity contribution < 1.29 is 23.3 Å². The fourth-order valence-electron chi connectivity index (χ4n) is 13.7. The van der Waals surface area contributed by atoms with Crippen molar-refractivity contribution in [1.29, 1.82) is 0 Å². The molecule has 27 heteroatoms. The number of hydrogen-bond donors (Lipinski definition) is 3. The molecule has 552 valence electrons. The van der Waals surface area contributed by atoms with Gasteiger partial charge in [0, 0.05) is 88.5 Å². The molecule has 0 fully saturated rings. The van der Waals surface area contributed by atoms with Crippen LogP contribution in [0.3, 0.4) is 0 Å². The van der Waals surface area contributed by atoms with Crippen molar-refractivity contribution in [2.24, 2.45) is 0 Å². The lowest BCUT2D eigenvalue weighted by atomic mass is 9.92. The van der Waals surface area contributed by atoms with Crippen molar-refractivity contribution in [2.75, 3.05) is 64.6 Å². The zero-order valence-electron chi connectivity index (χ0n) is 61.6. The minimum Gasteiger partial charge on any atom is -0.491 e. The summed E-state index contributed by atoms with van der Waals surface area (Å²) >= 11 is 19.1. The van der Waals surface area contributed by atoms with Gasteiger partial charge >= 0.3 is 0 Å². The summed E-state index contributed by atoms with van der Waals surface area (Å²) in [6, 6.07) is 24.9. The molecule has 3 atom stereocenters. The van der Waals surface area contributed by atoms with Crippen LogP contribution in [-0.2, 0) is 38.9 Å². The van der Waals surface area contributed by atoms with Crippen LogP contribution in [0, 0.1) is 33.5 Å². The van der Waals surface area contributed by atoms with Gasteiger partial charge in [0.05, 0.1) is 97.6 Å². The number of aryl methyl sites for hydroxylation is 4. The van der Waals surface area contributed by atoms with E-state index >= 15 is 0 Å². The van der Waals surface area contributed by atoms with Gasteiger partial charge in [0.1, 0.15) is 0 Å². The number of rotatable bonds is 17. The first kappa shape index (κ1) is 74.7. The molecule has 0 saturated heterocycles. The standard InChI is InChI=1S/C28H30ClFN6O2.C26H26Cl2N6O.C26H29N7O/c1-5-37-26-10-22(23(29)11-24(26)30)17(3)36-15-20(12-33-36)38-28-27(31)32-13-25(34-28)18-8-16(2)21-6-7-35(4)14-19(21)9-18;1-15-9-17(10-18-13-33(3)8-7-20(15)18)23-12-30-25(29)26(32-23)35-19-11-31-34(14-19)16(2)24-21(27)5-4-6-22(24)28;1-16-9-20(10-21-14-32(4)8-7-23(16)21)24-13-29-25(27)26(31-24)34-22-12-30-33(15-22)18(3)19-6-5-17(2)28-11-19/h8-13,15,17H,5-7,14H2,1-4H3,(H2,31,32);4-6,9-12,14,16H,7-8,13H2,1-3H3,(H2,29,30);5-6,9-13,15,18H,7-8,14H2,1-4H3,(H2,27,29). The lowest BCUT2D eigenvalue weighted by Crippen LogP contribution is -2.27. The van der Waals surface area contributed by atoms with E-state index < -0.39 is 5.82 Å². The molecule has 23 nitrogen and oxygen atoms in total. The number of halogens is 4. The lowest BCUT2D eigenvalue weighted by Gasteiger charge is -2.27. The number of hydrogen-bond acceptors (Lipinski definition) is 20. The minimum absolute atomic E-state index is 0.0109. The van der Waals surface area contributed by atoms with Crippen LogP contribution in [0.5, 0.6) is 40.6 Å². The molecule has 3 aliphatic heterocycles. The highest BCUT2D eigenvalue weighted by atomic mass is 35.5. The highest BCUT2D eigenvalue weighted by molar-refractivity contribution is 6.36. The molecule has 3 aliphatic rings. The third-order valence-electron chi connectivity index (χ3n) is 19.6. The summed E-state index contributed by atoms with van der Waals surface area (Å²) in [5.41, 5.74) is 38.9. The summed E-state index contributed by atoms with van der Waals surface area (Å²) in [6.07, 6.45) is 20.2. The van der Waals surface area contributed by atoms with Crippen molar-refractivity contribution >= 4 is 52.3 Å². The smallest absolute Gasteiger partial charge is 0.263 e. The van der Waals surface area contributed by atoms with E-state index in [-0.39, 0.29) is 64.0 Å². The normalized spacial score (nSPS) is 14.5. The monoisotopic (exact) mass is 1500 g/mol. The molecule has 0 amide bonds. The average Bonchev–Trinajstić information content (AvgIpc) is 1.30. The van der Waals surface area contributed by atoms with Gasteiger partial charge in [-0.1, -0.05) is 46.9 Å². The van der Waals surface area contributed by atoms with Crippen molar-refractivity contribution in [2.45, 2.75) is 112 Å². The number of fused-ring (bicyclic) bond motifs is 3. The molecule has 107 heavy (non-hydrogen) atoms. The summed E-state index contributed by atoms with van der Waals surface area (Å²) in [6.45, 7) is 22.4. The molecule has 0 aliphatic carbocycles. The van der Waals surface area contributed by atoms with Crippen LogP contribution in [0.1, 0.15) is 118 Å². The number of nitrogens with zero attached hydrogens (tertiary/aromatic N) is 16. The van der Waals surface area contributed by atoms with E-state index in [4.69, 9.17) is 75.9 Å². The topological polar surface area (TPSA) is 268 Å². The maximum Gasteiger partial charge on any atom is 0.263 e. The molecule has 10 heterocycles. The lowest BCUT2D eigenvalue weighted by molar-refractivity contribution is 0.312. The molecule has 6 N–H and O–H groups in total. The van der Waals surface area contributed by atoms with E-state index in [1.54, 1.807) is 71.9 Å². The highest BCUT2D eigenvalue weighted by Crippen LogP contribution is 2.39. The number of benzene rings is 5. The van der Waals surface area contributed by atoms with Gasteiger partial charge in [-0.05, 0) is 224 Å². The first-order valence-corrected chi connectivity index (χ1v) is 36.5. The summed E-state index contributed by atoms with van der Waals surface area (Å²) < 4.78 is 42.8. The Hall–Kier alpha value is -10.6. The van der Waals surface area contributed by atoms with E-state index in [1.165, 1.54) is 56.1 Å². The Morgan fingerprint density at radius 2 is 0.879 bits per heavy atom. The maximum atomic E-state index is 14.2. The van der Waals surface area contributed by atoms with Crippen molar-refractivity contribution in [3.63, 3.8) is 0 Å². The molecule has 0 spiro atoms. The molecular weight excluding hydrogens is 1420 g/mol. The fraction of sp³-hybridized carbons (Fsp3) is 0.300. The molecule has 0 radical (unpaired) electrons. The first-order chi connectivity index (χ1) is 51.4. The second-order valence-electron chi connectivity index (χ2n) is 27.5. The van der Waals surface area contributed by atoms with Gasteiger partial charge in [-0.25, -0.2) is 34.3 Å². The van der Waals surface area contributed by atoms with Crippen LogP contribution in [0.15, 0.2) is 141 Å². The number of nitrogen functional groups attached to an aromatic ring is 3.